The molecule has 2 unspecified atom stereocenters. The molecule has 8 heteroatoms. The van der Waals surface area contributed by atoms with Gasteiger partial charge in [0, 0.05) is 30.5 Å². The lowest BCUT2D eigenvalue weighted by molar-refractivity contribution is -0.119. The van der Waals surface area contributed by atoms with Gasteiger partial charge in [0.15, 0.2) is 0 Å². The fourth-order valence-corrected chi connectivity index (χ4v) is 2.78. The average Bonchev–Trinajstić information content (AvgIpc) is 2.72. The van der Waals surface area contributed by atoms with Crippen molar-refractivity contribution in [2.24, 2.45) is 5.92 Å². The van der Waals surface area contributed by atoms with E-state index < -0.39 is 33.8 Å². The van der Waals surface area contributed by atoms with Gasteiger partial charge in [0.2, 0.25) is 5.91 Å². The molecule has 110 valence electrons. The van der Waals surface area contributed by atoms with Gasteiger partial charge in [-0.1, -0.05) is 6.07 Å². The van der Waals surface area contributed by atoms with Crippen LogP contribution in [0.15, 0.2) is 18.2 Å². The van der Waals surface area contributed by atoms with Crippen LogP contribution < -0.4 is 5.32 Å². The topological polar surface area (TPSA) is 72.5 Å². The summed E-state index contributed by atoms with van der Waals surface area (Å²) in [4.78, 5) is 11.2. The van der Waals surface area contributed by atoms with Crippen LogP contribution in [0.5, 0.6) is 0 Å². The van der Waals surface area contributed by atoms with Crippen molar-refractivity contribution < 1.29 is 26.2 Å². The van der Waals surface area contributed by atoms with Gasteiger partial charge < -0.3 is 5.32 Å². The van der Waals surface area contributed by atoms with Crippen molar-refractivity contribution >= 4 is 16.0 Å². The third-order valence-corrected chi connectivity index (χ3v) is 3.54. The van der Waals surface area contributed by atoms with E-state index in [1.165, 1.54) is 0 Å². The van der Waals surface area contributed by atoms with Gasteiger partial charge in [-0.15, -0.1) is 0 Å². The fraction of sp³-hybridized carbons (Fsp3) is 0.417. The number of hydrogen-bond donors (Lipinski definition) is 1. The summed E-state index contributed by atoms with van der Waals surface area (Å²) in [6.45, 7) is 0.176. The Kier molecular flexibility index (Phi) is 4.05. The van der Waals surface area contributed by atoms with E-state index in [1.807, 2.05) is 0 Å². The van der Waals surface area contributed by atoms with Gasteiger partial charge in [0.25, 0.3) is 10.1 Å². The minimum Gasteiger partial charge on any atom is -0.356 e. The van der Waals surface area contributed by atoms with Gasteiger partial charge in [-0.2, -0.15) is 8.42 Å². The van der Waals surface area contributed by atoms with Crippen molar-refractivity contribution in [3.05, 3.63) is 35.4 Å². The highest BCUT2D eigenvalue weighted by Gasteiger charge is 2.35. The first-order valence-electron chi connectivity index (χ1n) is 5.86. The summed E-state index contributed by atoms with van der Waals surface area (Å²) < 4.78 is 54.2. The van der Waals surface area contributed by atoms with Crippen molar-refractivity contribution in [1.29, 1.82) is 0 Å². The lowest BCUT2D eigenvalue weighted by Crippen LogP contribution is -2.22. The summed E-state index contributed by atoms with van der Waals surface area (Å²) in [6.07, 6.45) is -0.299. The monoisotopic (exact) mass is 305 g/mol. The van der Waals surface area contributed by atoms with E-state index >= 15 is 0 Å². The minimum absolute atomic E-state index is 0.0248. The van der Waals surface area contributed by atoms with Crippen LogP contribution in [-0.4, -0.2) is 27.1 Å². The molecule has 0 radical (unpaired) electrons. The zero-order valence-corrected chi connectivity index (χ0v) is 11.4. The predicted molar refractivity (Wildman–Crippen MR) is 66.1 cm³/mol. The molecular weight excluding hydrogens is 292 g/mol. The molecule has 0 aromatic heterocycles. The molecule has 0 bridgehead atoms. The molecule has 20 heavy (non-hydrogen) atoms. The Labute approximate surface area is 115 Å². The first-order valence-corrected chi connectivity index (χ1v) is 7.68. The van der Waals surface area contributed by atoms with E-state index in [0.29, 0.717) is 6.07 Å². The first kappa shape index (κ1) is 14.9. The fourth-order valence-electron chi connectivity index (χ4n) is 2.15. The summed E-state index contributed by atoms with van der Waals surface area (Å²) in [5.41, 5.74) is -0.0849. The van der Waals surface area contributed by atoms with Gasteiger partial charge >= 0.3 is 0 Å². The summed E-state index contributed by atoms with van der Waals surface area (Å²) in [7, 11) is -3.85. The van der Waals surface area contributed by atoms with Crippen LogP contribution in [0.1, 0.15) is 18.1 Å². The lowest BCUT2D eigenvalue weighted by atomic mass is 9.94. The van der Waals surface area contributed by atoms with E-state index in [9.17, 15) is 22.0 Å². The van der Waals surface area contributed by atoms with Crippen molar-refractivity contribution in [3.8, 4) is 0 Å². The number of rotatable bonds is 4. The molecule has 1 amide bonds. The van der Waals surface area contributed by atoms with E-state index in [4.69, 9.17) is 4.18 Å². The van der Waals surface area contributed by atoms with Crippen LogP contribution in [0.2, 0.25) is 0 Å². The Morgan fingerprint density at radius 3 is 2.60 bits per heavy atom. The zero-order valence-electron chi connectivity index (χ0n) is 10.6. The second-order valence-corrected chi connectivity index (χ2v) is 6.26. The maximum absolute atomic E-state index is 13.8. The van der Waals surface area contributed by atoms with Gasteiger partial charge in [-0.05, 0) is 6.07 Å². The quantitative estimate of drug-likeness (QED) is 0.846. The Balaban J connectivity index is 2.37. The summed E-state index contributed by atoms with van der Waals surface area (Å²) in [5, 5.41) is 2.53. The molecule has 0 aliphatic carbocycles. The van der Waals surface area contributed by atoms with E-state index in [0.717, 1.165) is 18.4 Å². The molecule has 1 N–H and O–H groups in total. The van der Waals surface area contributed by atoms with Gasteiger partial charge in [-0.25, -0.2) is 8.78 Å². The van der Waals surface area contributed by atoms with Crippen LogP contribution in [0.3, 0.4) is 0 Å². The standard InChI is InChI=1S/C12H13F2NO4S/c1-20(17,18)19-12(7-4-11(16)15-6-7)9-3-2-8(13)5-10(9)14/h2-3,5,7,12H,4,6H2,1H3,(H,15,16). The Morgan fingerprint density at radius 2 is 2.10 bits per heavy atom. The largest absolute Gasteiger partial charge is 0.356 e. The van der Waals surface area contributed by atoms with Gasteiger partial charge in [0.05, 0.1) is 6.26 Å². The smallest absolute Gasteiger partial charge is 0.264 e. The number of benzene rings is 1. The Hall–Kier alpha value is -1.54. The first-order chi connectivity index (χ1) is 9.26. The third-order valence-electron chi connectivity index (χ3n) is 2.98. The predicted octanol–water partition coefficient (Wildman–Crippen LogP) is 1.12. The molecule has 1 aliphatic heterocycles. The molecule has 1 heterocycles. The van der Waals surface area contributed by atoms with Crippen molar-refractivity contribution in [1.82, 2.24) is 5.32 Å². The van der Waals surface area contributed by atoms with Gasteiger partial charge in [0.1, 0.15) is 17.7 Å². The number of carbonyl (C=O) groups excluding carboxylic acids is 1. The summed E-state index contributed by atoms with van der Waals surface area (Å²) in [5.74, 6) is -2.47. The molecule has 5 nitrogen and oxygen atoms in total. The molecule has 1 saturated heterocycles. The molecule has 0 saturated carbocycles. The second kappa shape index (κ2) is 5.45. The van der Waals surface area contributed by atoms with Crippen LogP contribution in [0, 0.1) is 17.6 Å². The van der Waals surface area contributed by atoms with E-state index in [2.05, 4.69) is 5.32 Å². The Bertz CT molecular complexity index is 632. The molecule has 0 spiro atoms. The highest BCUT2D eigenvalue weighted by atomic mass is 32.2. The molecule has 1 aromatic rings. The summed E-state index contributed by atoms with van der Waals surface area (Å²) >= 11 is 0. The second-order valence-electron chi connectivity index (χ2n) is 4.66. The van der Waals surface area contributed by atoms with E-state index in [-0.39, 0.29) is 24.4 Å². The van der Waals surface area contributed by atoms with Crippen molar-refractivity contribution in [3.63, 3.8) is 0 Å². The number of halogens is 2. The highest BCUT2D eigenvalue weighted by Crippen LogP contribution is 2.33. The van der Waals surface area contributed by atoms with E-state index in [1.54, 1.807) is 0 Å². The SMILES string of the molecule is CS(=O)(=O)OC(c1ccc(F)cc1F)C1CNC(=O)C1. The zero-order chi connectivity index (χ0) is 14.9. The Morgan fingerprint density at radius 1 is 1.40 bits per heavy atom. The maximum atomic E-state index is 13.8. The maximum Gasteiger partial charge on any atom is 0.264 e. The lowest BCUT2D eigenvalue weighted by Gasteiger charge is -2.22. The van der Waals surface area contributed by atoms with Crippen LogP contribution in [0.4, 0.5) is 8.78 Å². The number of amides is 1. The molecule has 1 aliphatic rings. The molecule has 1 aromatic carbocycles. The van der Waals surface area contributed by atoms with Crippen molar-refractivity contribution in [2.45, 2.75) is 12.5 Å². The highest BCUT2D eigenvalue weighted by molar-refractivity contribution is 7.86. The molecule has 2 rings (SSSR count). The van der Waals surface area contributed by atoms with Crippen LogP contribution in [0.25, 0.3) is 0 Å². The van der Waals surface area contributed by atoms with Crippen LogP contribution >= 0.6 is 0 Å². The number of hydrogen-bond acceptors (Lipinski definition) is 4. The molecule has 1 fully saturated rings. The average molecular weight is 305 g/mol. The normalized spacial score (nSPS) is 20.8. The number of carbonyl (C=O) groups is 1. The van der Waals surface area contributed by atoms with Crippen LogP contribution in [-0.2, 0) is 19.1 Å². The van der Waals surface area contributed by atoms with Crippen molar-refractivity contribution in [2.75, 3.05) is 12.8 Å². The number of nitrogens with one attached hydrogen (secondary N) is 1. The van der Waals surface area contributed by atoms with Gasteiger partial charge in [-0.3, -0.25) is 8.98 Å². The molecule has 2 atom stereocenters. The minimum atomic E-state index is -3.85. The molecular formula is C12H13F2NO4S. The third kappa shape index (κ3) is 3.51. The summed E-state index contributed by atoms with van der Waals surface area (Å²) in [6, 6.07) is 2.79.